The fourth-order valence-electron chi connectivity index (χ4n) is 3.72. The molecule has 0 atom stereocenters. The van der Waals surface area contributed by atoms with Crippen LogP contribution in [0.4, 0.5) is 11.4 Å². The van der Waals surface area contributed by atoms with Crippen molar-refractivity contribution < 1.29 is 19.4 Å². The molecule has 1 heterocycles. The molecule has 3 aromatic carbocycles. The molecular formula is C25H24N2O4. The van der Waals surface area contributed by atoms with Gasteiger partial charge in [-0.3, -0.25) is 4.79 Å². The molecule has 0 spiro atoms. The van der Waals surface area contributed by atoms with Crippen molar-refractivity contribution in [2.75, 3.05) is 36.5 Å². The van der Waals surface area contributed by atoms with E-state index in [-0.39, 0.29) is 17.2 Å². The molecule has 0 aromatic heterocycles. The molecule has 6 heteroatoms. The summed E-state index contributed by atoms with van der Waals surface area (Å²) in [5.41, 5.74) is 2.93. The van der Waals surface area contributed by atoms with Crippen LogP contribution in [0.15, 0.2) is 66.7 Å². The standard InChI is InChI=1S/C25H24N2O4/c1-17(19-7-6-18-4-2-3-5-20(18)15-19)14-24(28)26-23-16-21(8-9-22(23)25(29)30)27-10-12-31-13-11-27/h2-9,14-16H,10-13H2,1H3,(H,26,28)(H,29,30)/b17-14-. The Morgan fingerprint density at radius 1 is 1.00 bits per heavy atom. The molecule has 158 valence electrons. The van der Waals surface area contributed by atoms with Crippen LogP contribution in [0, 0.1) is 0 Å². The van der Waals surface area contributed by atoms with Crippen LogP contribution in [-0.4, -0.2) is 43.3 Å². The maximum atomic E-state index is 12.7. The first kappa shape index (κ1) is 20.6. The Morgan fingerprint density at radius 2 is 1.74 bits per heavy atom. The molecule has 3 aromatic rings. The normalized spacial score (nSPS) is 14.5. The van der Waals surface area contributed by atoms with Crippen LogP contribution in [0.5, 0.6) is 0 Å². The largest absolute Gasteiger partial charge is 0.478 e. The number of carboxylic acids is 1. The number of morpholine rings is 1. The average molecular weight is 416 g/mol. The van der Waals surface area contributed by atoms with E-state index in [1.165, 1.54) is 12.1 Å². The van der Waals surface area contributed by atoms with Gasteiger partial charge < -0.3 is 20.1 Å². The van der Waals surface area contributed by atoms with E-state index < -0.39 is 5.97 Å². The third kappa shape index (κ3) is 4.75. The number of allylic oxidation sites excluding steroid dienone is 1. The molecule has 0 saturated carbocycles. The lowest BCUT2D eigenvalue weighted by atomic mass is 10.0. The predicted octanol–water partition coefficient (Wildman–Crippen LogP) is 4.42. The first-order valence-electron chi connectivity index (χ1n) is 10.2. The fraction of sp³-hybridized carbons (Fsp3) is 0.200. The number of ether oxygens (including phenoxy) is 1. The second-order valence-corrected chi connectivity index (χ2v) is 7.51. The highest BCUT2D eigenvalue weighted by Crippen LogP contribution is 2.26. The number of fused-ring (bicyclic) bond motifs is 1. The zero-order valence-corrected chi connectivity index (χ0v) is 17.3. The molecule has 1 aliphatic heterocycles. The summed E-state index contributed by atoms with van der Waals surface area (Å²) in [5, 5.41) is 14.5. The number of carboxylic acid groups (broad SMARTS) is 1. The number of hydrogen-bond donors (Lipinski definition) is 2. The molecule has 0 aliphatic carbocycles. The molecule has 1 saturated heterocycles. The van der Waals surface area contributed by atoms with E-state index in [0.29, 0.717) is 13.2 Å². The van der Waals surface area contributed by atoms with E-state index in [0.717, 1.165) is 40.7 Å². The number of carbonyl (C=O) groups is 2. The molecule has 1 amide bonds. The van der Waals surface area contributed by atoms with Crippen molar-refractivity contribution in [3.05, 3.63) is 77.9 Å². The number of hydrogen-bond acceptors (Lipinski definition) is 4. The van der Waals surface area contributed by atoms with Gasteiger partial charge in [-0.05, 0) is 53.1 Å². The Balaban J connectivity index is 1.57. The molecule has 4 rings (SSSR count). The second-order valence-electron chi connectivity index (χ2n) is 7.51. The van der Waals surface area contributed by atoms with Crippen molar-refractivity contribution >= 4 is 39.6 Å². The lowest BCUT2D eigenvalue weighted by Crippen LogP contribution is -2.36. The lowest BCUT2D eigenvalue weighted by Gasteiger charge is -2.29. The third-order valence-electron chi connectivity index (χ3n) is 5.42. The van der Waals surface area contributed by atoms with E-state index in [4.69, 9.17) is 4.74 Å². The lowest BCUT2D eigenvalue weighted by molar-refractivity contribution is -0.111. The number of nitrogens with zero attached hydrogens (tertiary/aromatic N) is 1. The summed E-state index contributed by atoms with van der Waals surface area (Å²) in [7, 11) is 0. The van der Waals surface area contributed by atoms with Crippen LogP contribution >= 0.6 is 0 Å². The number of rotatable bonds is 5. The van der Waals surface area contributed by atoms with Crippen LogP contribution in [0.25, 0.3) is 16.3 Å². The zero-order chi connectivity index (χ0) is 21.8. The van der Waals surface area contributed by atoms with Crippen molar-refractivity contribution in [2.24, 2.45) is 0 Å². The van der Waals surface area contributed by atoms with Gasteiger partial charge in [0.15, 0.2) is 0 Å². The Labute approximate surface area is 180 Å². The fourth-order valence-corrected chi connectivity index (χ4v) is 3.72. The van der Waals surface area contributed by atoms with Gasteiger partial charge in [-0.1, -0.05) is 36.4 Å². The van der Waals surface area contributed by atoms with Gasteiger partial charge in [0.2, 0.25) is 5.91 Å². The van der Waals surface area contributed by atoms with Crippen molar-refractivity contribution in [3.8, 4) is 0 Å². The molecule has 0 radical (unpaired) electrons. The molecule has 0 bridgehead atoms. The summed E-state index contributed by atoms with van der Waals surface area (Å²) >= 11 is 0. The van der Waals surface area contributed by atoms with Gasteiger partial charge in [-0.15, -0.1) is 0 Å². The molecule has 1 aliphatic rings. The summed E-state index contributed by atoms with van der Waals surface area (Å²) in [5.74, 6) is -1.45. The average Bonchev–Trinajstić information content (AvgIpc) is 2.79. The highest BCUT2D eigenvalue weighted by Gasteiger charge is 2.17. The monoisotopic (exact) mass is 416 g/mol. The molecule has 31 heavy (non-hydrogen) atoms. The van der Waals surface area contributed by atoms with Crippen LogP contribution in [0.1, 0.15) is 22.8 Å². The van der Waals surface area contributed by atoms with E-state index in [2.05, 4.69) is 10.2 Å². The van der Waals surface area contributed by atoms with Gasteiger partial charge in [0.05, 0.1) is 24.5 Å². The minimum Gasteiger partial charge on any atom is -0.478 e. The van der Waals surface area contributed by atoms with Gasteiger partial charge in [0.1, 0.15) is 0 Å². The molecule has 2 N–H and O–H groups in total. The maximum Gasteiger partial charge on any atom is 0.337 e. The van der Waals surface area contributed by atoms with Gasteiger partial charge in [0, 0.05) is 24.9 Å². The number of benzene rings is 3. The van der Waals surface area contributed by atoms with Gasteiger partial charge in [-0.2, -0.15) is 0 Å². The smallest absolute Gasteiger partial charge is 0.337 e. The number of amides is 1. The Morgan fingerprint density at radius 3 is 2.48 bits per heavy atom. The molecule has 0 unspecified atom stereocenters. The first-order valence-corrected chi connectivity index (χ1v) is 10.2. The van der Waals surface area contributed by atoms with Crippen LogP contribution < -0.4 is 10.2 Å². The molecule has 6 nitrogen and oxygen atoms in total. The molecule has 1 fully saturated rings. The van der Waals surface area contributed by atoms with Crippen LogP contribution in [0.2, 0.25) is 0 Å². The summed E-state index contributed by atoms with van der Waals surface area (Å²) in [6.45, 7) is 4.56. The first-order chi connectivity index (χ1) is 15.0. The van der Waals surface area contributed by atoms with Crippen molar-refractivity contribution in [1.82, 2.24) is 0 Å². The van der Waals surface area contributed by atoms with Crippen molar-refractivity contribution in [2.45, 2.75) is 6.92 Å². The third-order valence-corrected chi connectivity index (χ3v) is 5.42. The summed E-state index contributed by atoms with van der Waals surface area (Å²) in [4.78, 5) is 26.5. The van der Waals surface area contributed by atoms with Crippen LogP contribution in [0.3, 0.4) is 0 Å². The quantitative estimate of drug-likeness (QED) is 0.602. The Hall–Kier alpha value is -3.64. The molecular weight excluding hydrogens is 392 g/mol. The number of nitrogens with one attached hydrogen (secondary N) is 1. The number of aromatic carboxylic acids is 1. The maximum absolute atomic E-state index is 12.7. The van der Waals surface area contributed by atoms with Gasteiger partial charge in [-0.25, -0.2) is 4.79 Å². The highest BCUT2D eigenvalue weighted by atomic mass is 16.5. The SMILES string of the molecule is C/C(=C/C(=O)Nc1cc(N2CCOCC2)ccc1C(=O)O)c1ccc2ccccc2c1. The Bertz CT molecular complexity index is 1160. The minimum absolute atomic E-state index is 0.0575. The van der Waals surface area contributed by atoms with E-state index in [9.17, 15) is 14.7 Å². The van der Waals surface area contributed by atoms with Crippen LogP contribution in [-0.2, 0) is 9.53 Å². The summed E-state index contributed by atoms with van der Waals surface area (Å²) in [6, 6.07) is 19.1. The topological polar surface area (TPSA) is 78.9 Å². The highest BCUT2D eigenvalue weighted by molar-refractivity contribution is 6.08. The van der Waals surface area contributed by atoms with E-state index in [1.807, 2.05) is 49.4 Å². The van der Waals surface area contributed by atoms with Crippen molar-refractivity contribution in [1.29, 1.82) is 0 Å². The zero-order valence-electron chi connectivity index (χ0n) is 17.3. The van der Waals surface area contributed by atoms with Crippen molar-refractivity contribution in [3.63, 3.8) is 0 Å². The minimum atomic E-state index is -1.08. The Kier molecular flexibility index (Phi) is 6.00. The van der Waals surface area contributed by atoms with E-state index in [1.54, 1.807) is 12.1 Å². The van der Waals surface area contributed by atoms with Gasteiger partial charge in [0.25, 0.3) is 0 Å². The van der Waals surface area contributed by atoms with Gasteiger partial charge >= 0.3 is 5.97 Å². The van der Waals surface area contributed by atoms with E-state index >= 15 is 0 Å². The summed E-state index contributed by atoms with van der Waals surface area (Å²) in [6.07, 6.45) is 1.50. The summed E-state index contributed by atoms with van der Waals surface area (Å²) < 4.78 is 5.38. The second kappa shape index (κ2) is 9.02. The predicted molar refractivity (Wildman–Crippen MR) is 123 cm³/mol. The number of carbonyl (C=O) groups excluding carboxylic acids is 1. The number of anilines is 2.